The van der Waals surface area contributed by atoms with Crippen molar-refractivity contribution in [2.24, 2.45) is 0 Å². The van der Waals surface area contributed by atoms with Crippen LogP contribution < -0.4 is 5.32 Å². The van der Waals surface area contributed by atoms with E-state index in [-0.39, 0.29) is 0 Å². The molecule has 2 saturated heterocycles. The summed E-state index contributed by atoms with van der Waals surface area (Å²) in [5.74, 6) is 2.65. The quantitative estimate of drug-likeness (QED) is 0.920. The van der Waals surface area contributed by atoms with Gasteiger partial charge in [0.15, 0.2) is 0 Å². The Labute approximate surface area is 133 Å². The van der Waals surface area contributed by atoms with Gasteiger partial charge >= 0.3 is 0 Å². The second kappa shape index (κ2) is 7.17. The van der Waals surface area contributed by atoms with Crippen molar-refractivity contribution in [2.75, 3.05) is 38.2 Å². The minimum Gasteiger partial charge on any atom is -0.312 e. The molecule has 2 heterocycles. The Morgan fingerprint density at radius 3 is 2.67 bits per heavy atom. The van der Waals surface area contributed by atoms with E-state index in [0.717, 1.165) is 12.6 Å². The molecular weight excluding hydrogens is 276 g/mol. The smallest absolute Gasteiger partial charge is 0.0158 e. The Bertz CT molecular complexity index is 420. The number of benzene rings is 1. The molecule has 2 nitrogen and oxygen atoms in total. The molecule has 0 spiro atoms. The van der Waals surface area contributed by atoms with Gasteiger partial charge in [-0.25, -0.2) is 0 Å². The Hall–Kier alpha value is -0.510. The molecule has 0 saturated carbocycles. The third-order valence-electron chi connectivity index (χ3n) is 5.22. The highest BCUT2D eigenvalue weighted by atomic mass is 32.2. The van der Waals surface area contributed by atoms with Crippen LogP contribution in [0.2, 0.25) is 0 Å². The number of hydrogen-bond acceptors (Lipinski definition) is 3. The van der Waals surface area contributed by atoms with Gasteiger partial charge in [-0.15, -0.1) is 0 Å². The second-order valence-electron chi connectivity index (χ2n) is 6.74. The molecule has 1 aromatic carbocycles. The van der Waals surface area contributed by atoms with Crippen LogP contribution in [-0.4, -0.2) is 49.1 Å². The number of hydrogen-bond donors (Lipinski definition) is 1. The first-order valence-corrected chi connectivity index (χ1v) is 9.49. The van der Waals surface area contributed by atoms with Crippen molar-refractivity contribution in [1.82, 2.24) is 10.2 Å². The van der Waals surface area contributed by atoms with Crippen molar-refractivity contribution in [3.63, 3.8) is 0 Å². The predicted molar refractivity (Wildman–Crippen MR) is 93.2 cm³/mol. The summed E-state index contributed by atoms with van der Waals surface area (Å²) in [6.45, 7) is 3.59. The summed E-state index contributed by atoms with van der Waals surface area (Å²) < 4.78 is 0. The molecule has 0 bridgehead atoms. The molecule has 0 aromatic heterocycles. The third-order valence-corrected chi connectivity index (χ3v) is 6.44. The van der Waals surface area contributed by atoms with E-state index in [1.807, 2.05) is 0 Å². The molecule has 21 heavy (non-hydrogen) atoms. The highest BCUT2D eigenvalue weighted by Crippen LogP contribution is 2.35. The van der Waals surface area contributed by atoms with Crippen LogP contribution in [0.5, 0.6) is 0 Å². The molecule has 1 unspecified atom stereocenters. The van der Waals surface area contributed by atoms with Gasteiger partial charge in [0.1, 0.15) is 0 Å². The van der Waals surface area contributed by atoms with E-state index in [1.165, 1.54) is 55.8 Å². The van der Waals surface area contributed by atoms with Crippen LogP contribution in [-0.2, 0) is 5.41 Å². The van der Waals surface area contributed by atoms with Gasteiger partial charge in [0.05, 0.1) is 0 Å². The molecule has 3 heteroatoms. The fourth-order valence-electron chi connectivity index (χ4n) is 3.65. The normalized spacial score (nSPS) is 26.6. The monoisotopic (exact) mass is 304 g/mol. The summed E-state index contributed by atoms with van der Waals surface area (Å²) in [6, 6.07) is 11.9. The first-order valence-electron chi connectivity index (χ1n) is 8.34. The highest BCUT2D eigenvalue weighted by molar-refractivity contribution is 7.99. The average Bonchev–Trinajstić information content (AvgIpc) is 2.57. The summed E-state index contributed by atoms with van der Waals surface area (Å²) in [4.78, 5) is 2.47. The number of likely N-dealkylation sites (tertiary alicyclic amines) is 1. The fourth-order valence-corrected chi connectivity index (χ4v) is 4.75. The topological polar surface area (TPSA) is 15.3 Å². The van der Waals surface area contributed by atoms with Gasteiger partial charge in [0.2, 0.25) is 0 Å². The third kappa shape index (κ3) is 3.82. The molecule has 1 atom stereocenters. The summed E-state index contributed by atoms with van der Waals surface area (Å²) in [5, 5.41) is 3.91. The molecule has 2 fully saturated rings. The van der Waals surface area contributed by atoms with E-state index < -0.39 is 0 Å². The van der Waals surface area contributed by atoms with Gasteiger partial charge in [0, 0.05) is 23.8 Å². The fraction of sp³-hybridized carbons (Fsp3) is 0.667. The molecule has 116 valence electrons. The second-order valence-corrected chi connectivity index (χ2v) is 7.89. The minimum atomic E-state index is 0.343. The molecule has 2 aliphatic rings. The van der Waals surface area contributed by atoms with Crippen molar-refractivity contribution in [2.45, 2.75) is 37.1 Å². The lowest BCUT2D eigenvalue weighted by molar-refractivity contribution is 0.179. The molecular formula is C18H28N2S. The van der Waals surface area contributed by atoms with E-state index in [1.54, 1.807) is 0 Å². The maximum absolute atomic E-state index is 3.91. The van der Waals surface area contributed by atoms with E-state index in [0.29, 0.717) is 5.41 Å². The molecule has 2 aliphatic heterocycles. The van der Waals surface area contributed by atoms with Gasteiger partial charge in [0.25, 0.3) is 0 Å². The van der Waals surface area contributed by atoms with Crippen LogP contribution in [0.25, 0.3) is 0 Å². The Balaban J connectivity index is 1.70. The van der Waals surface area contributed by atoms with Gasteiger partial charge in [-0.2, -0.15) is 11.8 Å². The average molecular weight is 305 g/mol. The number of nitrogens with zero attached hydrogens (tertiary/aromatic N) is 1. The first-order chi connectivity index (χ1) is 10.3. The Kier molecular flexibility index (Phi) is 5.25. The number of nitrogens with one attached hydrogen (secondary N) is 1. The van der Waals surface area contributed by atoms with Gasteiger partial charge in [-0.3, -0.25) is 0 Å². The van der Waals surface area contributed by atoms with Crippen LogP contribution in [0.4, 0.5) is 0 Å². The lowest BCUT2D eigenvalue weighted by Gasteiger charge is -2.42. The van der Waals surface area contributed by atoms with Crippen LogP contribution in [0.15, 0.2) is 30.3 Å². The number of rotatable bonds is 4. The van der Waals surface area contributed by atoms with Gasteiger partial charge in [-0.1, -0.05) is 30.3 Å². The van der Waals surface area contributed by atoms with Gasteiger partial charge in [-0.05, 0) is 57.1 Å². The molecule has 1 N–H and O–H groups in total. The molecule has 3 rings (SSSR count). The first kappa shape index (κ1) is 15.4. The molecule has 1 aromatic rings. The Morgan fingerprint density at radius 2 is 2.00 bits per heavy atom. The predicted octanol–water partition coefficient (Wildman–Crippen LogP) is 3.14. The maximum Gasteiger partial charge on any atom is 0.0158 e. The molecule has 0 aliphatic carbocycles. The summed E-state index contributed by atoms with van der Waals surface area (Å²) in [7, 11) is 2.25. The standard InChI is InChI=1S/C18H28N2S/c1-20-11-9-18(10-12-20,16-6-3-2-4-7-16)15-19-17-8-5-13-21-14-17/h2-4,6-7,17,19H,5,8-15H2,1H3. The van der Waals surface area contributed by atoms with E-state index >= 15 is 0 Å². The zero-order chi connectivity index (χ0) is 14.5. The summed E-state index contributed by atoms with van der Waals surface area (Å²) in [5.41, 5.74) is 1.88. The zero-order valence-electron chi connectivity index (χ0n) is 13.2. The Morgan fingerprint density at radius 1 is 1.24 bits per heavy atom. The largest absolute Gasteiger partial charge is 0.312 e. The van der Waals surface area contributed by atoms with Crippen LogP contribution >= 0.6 is 11.8 Å². The zero-order valence-corrected chi connectivity index (χ0v) is 14.0. The highest BCUT2D eigenvalue weighted by Gasteiger charge is 2.35. The van der Waals surface area contributed by atoms with Crippen LogP contribution in [0, 0.1) is 0 Å². The summed E-state index contributed by atoms with van der Waals surface area (Å²) >= 11 is 2.11. The van der Waals surface area contributed by atoms with Crippen molar-refractivity contribution in [3.05, 3.63) is 35.9 Å². The lowest BCUT2D eigenvalue weighted by Crippen LogP contribution is -2.49. The van der Waals surface area contributed by atoms with E-state index in [4.69, 9.17) is 0 Å². The van der Waals surface area contributed by atoms with Crippen molar-refractivity contribution < 1.29 is 0 Å². The van der Waals surface area contributed by atoms with Crippen LogP contribution in [0.3, 0.4) is 0 Å². The number of thioether (sulfide) groups is 1. The minimum absolute atomic E-state index is 0.343. The van der Waals surface area contributed by atoms with Gasteiger partial charge < -0.3 is 10.2 Å². The molecule has 0 amide bonds. The van der Waals surface area contributed by atoms with Crippen molar-refractivity contribution >= 4 is 11.8 Å². The SMILES string of the molecule is CN1CCC(CNC2CCCSC2)(c2ccccc2)CC1. The van der Waals surface area contributed by atoms with E-state index in [9.17, 15) is 0 Å². The van der Waals surface area contributed by atoms with Crippen LogP contribution in [0.1, 0.15) is 31.2 Å². The van der Waals surface area contributed by atoms with Crippen molar-refractivity contribution in [1.29, 1.82) is 0 Å². The van der Waals surface area contributed by atoms with Crippen molar-refractivity contribution in [3.8, 4) is 0 Å². The molecule has 0 radical (unpaired) electrons. The van der Waals surface area contributed by atoms with E-state index in [2.05, 4.69) is 59.4 Å². The number of piperidine rings is 1. The maximum atomic E-state index is 3.91. The summed E-state index contributed by atoms with van der Waals surface area (Å²) in [6.07, 6.45) is 5.29. The lowest BCUT2D eigenvalue weighted by atomic mass is 9.72.